The maximum Gasteiger partial charge on any atom is 0.165 e. The number of methoxy groups -OCH3 is 1. The topological polar surface area (TPSA) is 43.4 Å². The van der Waals surface area contributed by atoms with Crippen molar-refractivity contribution in [3.63, 3.8) is 0 Å². The van der Waals surface area contributed by atoms with Crippen molar-refractivity contribution in [2.45, 2.75) is 65.2 Å². The molecule has 0 aliphatic heterocycles. The summed E-state index contributed by atoms with van der Waals surface area (Å²) in [4.78, 5) is 27.1. The summed E-state index contributed by atoms with van der Waals surface area (Å²) in [6.45, 7) is 4.48. The van der Waals surface area contributed by atoms with E-state index < -0.39 is 5.41 Å². The molecule has 1 aromatic rings. The second kappa shape index (κ2) is 7.07. The van der Waals surface area contributed by atoms with Crippen molar-refractivity contribution in [1.29, 1.82) is 0 Å². The number of ketones is 2. The van der Waals surface area contributed by atoms with E-state index in [4.69, 9.17) is 4.74 Å². The van der Waals surface area contributed by atoms with E-state index in [2.05, 4.69) is 19.9 Å². The number of ether oxygens (including phenoxy) is 1. The van der Waals surface area contributed by atoms with Crippen LogP contribution in [0, 0.1) is 34.5 Å². The summed E-state index contributed by atoms with van der Waals surface area (Å²) < 4.78 is 5.25. The van der Waals surface area contributed by atoms with Crippen LogP contribution in [0.5, 0.6) is 5.75 Å². The van der Waals surface area contributed by atoms with Crippen LogP contribution in [0.2, 0.25) is 0 Å². The summed E-state index contributed by atoms with van der Waals surface area (Å²) in [5.74, 6) is 2.98. The molecule has 4 aliphatic carbocycles. The zero-order chi connectivity index (χ0) is 21.1. The maximum atomic E-state index is 13.5. The number of rotatable bonds is 2. The van der Waals surface area contributed by atoms with Crippen LogP contribution < -0.4 is 4.74 Å². The normalized spacial score (nSPS) is 41.9. The monoisotopic (exact) mass is 406 g/mol. The summed E-state index contributed by atoms with van der Waals surface area (Å²) in [7, 11) is 1.66. The van der Waals surface area contributed by atoms with E-state index in [1.165, 1.54) is 32.1 Å². The standard InChI is InChI=1S/C27H34O3/c1-26-13-5-4-6-19(26)9-12-21-22-15-18(14-17-7-10-20(30-3)11-8-17)25(29)27(22,2)16-23(28)24(21)26/h7-8,10-11,14,19,21-22,24H,4-6,9,12-13,15-16H2,1-3H3/b18-14+/t19-,21+,22-,24+,26+,27-/m1/s1. The highest BCUT2D eigenvalue weighted by atomic mass is 16.5. The van der Waals surface area contributed by atoms with Crippen molar-refractivity contribution in [1.82, 2.24) is 0 Å². The lowest BCUT2D eigenvalue weighted by atomic mass is 9.45. The van der Waals surface area contributed by atoms with Crippen LogP contribution in [0.1, 0.15) is 70.8 Å². The van der Waals surface area contributed by atoms with Crippen molar-refractivity contribution in [3.05, 3.63) is 35.4 Å². The van der Waals surface area contributed by atoms with Gasteiger partial charge in [-0.2, -0.15) is 0 Å². The molecule has 6 atom stereocenters. The van der Waals surface area contributed by atoms with Gasteiger partial charge in [0.25, 0.3) is 0 Å². The van der Waals surface area contributed by atoms with Crippen LogP contribution in [-0.4, -0.2) is 18.7 Å². The van der Waals surface area contributed by atoms with Gasteiger partial charge in [0.05, 0.1) is 7.11 Å². The van der Waals surface area contributed by atoms with Crippen LogP contribution in [0.3, 0.4) is 0 Å². The average Bonchev–Trinajstić information content (AvgIpc) is 2.98. The summed E-state index contributed by atoms with van der Waals surface area (Å²) >= 11 is 0. The van der Waals surface area contributed by atoms with Gasteiger partial charge in [0, 0.05) is 17.8 Å². The van der Waals surface area contributed by atoms with Crippen molar-refractivity contribution in [3.8, 4) is 5.75 Å². The van der Waals surface area contributed by atoms with Crippen LogP contribution >= 0.6 is 0 Å². The number of hydrogen-bond acceptors (Lipinski definition) is 3. The summed E-state index contributed by atoms with van der Waals surface area (Å²) in [6, 6.07) is 7.88. The molecule has 0 radical (unpaired) electrons. The smallest absolute Gasteiger partial charge is 0.165 e. The molecule has 0 N–H and O–H groups in total. The van der Waals surface area contributed by atoms with Gasteiger partial charge in [-0.15, -0.1) is 0 Å². The zero-order valence-corrected chi connectivity index (χ0v) is 18.6. The third-order valence-corrected chi connectivity index (χ3v) is 9.37. The van der Waals surface area contributed by atoms with Gasteiger partial charge in [-0.05, 0) is 84.6 Å². The number of fused-ring (bicyclic) bond motifs is 5. The van der Waals surface area contributed by atoms with Crippen LogP contribution in [0.4, 0.5) is 0 Å². The minimum atomic E-state index is -0.506. The molecular formula is C27H34O3. The second-order valence-electron chi connectivity index (χ2n) is 10.8. The van der Waals surface area contributed by atoms with Gasteiger partial charge in [0.15, 0.2) is 5.78 Å². The van der Waals surface area contributed by atoms with Crippen LogP contribution in [0.25, 0.3) is 6.08 Å². The summed E-state index contributed by atoms with van der Waals surface area (Å²) in [5.41, 5.74) is 1.60. The van der Waals surface area contributed by atoms with E-state index >= 15 is 0 Å². The maximum absolute atomic E-state index is 13.5. The number of carbonyl (C=O) groups is 2. The van der Waals surface area contributed by atoms with Gasteiger partial charge >= 0.3 is 0 Å². The minimum absolute atomic E-state index is 0.158. The first-order valence-electron chi connectivity index (χ1n) is 11.8. The fraction of sp³-hybridized carbons (Fsp3) is 0.630. The van der Waals surface area contributed by atoms with Gasteiger partial charge in [0.2, 0.25) is 0 Å². The Morgan fingerprint density at radius 2 is 1.80 bits per heavy atom. The van der Waals surface area contributed by atoms with E-state index in [9.17, 15) is 9.59 Å². The highest BCUT2D eigenvalue weighted by molar-refractivity contribution is 6.08. The number of allylic oxidation sites excluding steroid dienone is 1. The van der Waals surface area contributed by atoms with E-state index in [1.54, 1.807) is 7.11 Å². The Bertz CT molecular complexity index is 897. The molecule has 0 bridgehead atoms. The van der Waals surface area contributed by atoms with E-state index in [0.717, 1.165) is 29.7 Å². The molecule has 0 heterocycles. The lowest BCUT2D eigenvalue weighted by molar-refractivity contribution is -0.159. The Labute approximate surface area is 180 Å². The molecule has 3 heteroatoms. The highest BCUT2D eigenvalue weighted by Crippen LogP contribution is 2.65. The molecule has 4 aliphatic rings. The number of benzene rings is 1. The van der Waals surface area contributed by atoms with Crippen molar-refractivity contribution < 1.29 is 14.3 Å². The van der Waals surface area contributed by atoms with Gasteiger partial charge < -0.3 is 4.74 Å². The first kappa shape index (κ1) is 20.0. The summed E-state index contributed by atoms with van der Waals surface area (Å²) in [6.07, 6.45) is 10.7. The Morgan fingerprint density at radius 3 is 2.53 bits per heavy atom. The third-order valence-electron chi connectivity index (χ3n) is 9.37. The fourth-order valence-electron chi connectivity index (χ4n) is 7.83. The first-order chi connectivity index (χ1) is 14.4. The molecule has 0 unspecified atom stereocenters. The molecule has 4 saturated carbocycles. The molecule has 3 nitrogen and oxygen atoms in total. The van der Waals surface area contributed by atoms with Gasteiger partial charge in [-0.1, -0.05) is 38.8 Å². The fourth-order valence-corrected chi connectivity index (χ4v) is 7.83. The van der Waals surface area contributed by atoms with Gasteiger partial charge in [0.1, 0.15) is 11.5 Å². The number of Topliss-reactive ketones (excluding diaryl/α,β-unsaturated/α-hetero) is 2. The lowest BCUT2D eigenvalue weighted by Gasteiger charge is -2.58. The quantitative estimate of drug-likeness (QED) is 0.577. The van der Waals surface area contributed by atoms with Crippen molar-refractivity contribution in [2.24, 2.45) is 34.5 Å². The Kier molecular flexibility index (Phi) is 4.72. The number of carbonyl (C=O) groups excluding carboxylic acids is 2. The minimum Gasteiger partial charge on any atom is -0.497 e. The van der Waals surface area contributed by atoms with E-state index in [-0.39, 0.29) is 17.1 Å². The van der Waals surface area contributed by atoms with Crippen molar-refractivity contribution >= 4 is 17.6 Å². The molecule has 0 saturated heterocycles. The highest BCUT2D eigenvalue weighted by Gasteiger charge is 2.63. The SMILES string of the molecule is COc1ccc(/C=C2\C[C@@H]3[C@@H]4CC[C@H]5CCCC[C@]5(C)[C@@H]4C(=O)C[C@@]3(C)C2=O)cc1. The Hall–Kier alpha value is -1.90. The zero-order valence-electron chi connectivity index (χ0n) is 18.6. The number of hydrogen-bond donors (Lipinski definition) is 0. The van der Waals surface area contributed by atoms with E-state index in [1.807, 2.05) is 24.3 Å². The van der Waals surface area contributed by atoms with Crippen LogP contribution in [-0.2, 0) is 9.59 Å². The Morgan fingerprint density at radius 1 is 1.03 bits per heavy atom. The predicted octanol–water partition coefficient (Wildman–Crippen LogP) is 5.87. The largest absolute Gasteiger partial charge is 0.497 e. The third kappa shape index (κ3) is 2.84. The molecule has 160 valence electrons. The summed E-state index contributed by atoms with van der Waals surface area (Å²) in [5, 5.41) is 0. The molecule has 4 fully saturated rings. The molecule has 0 aromatic heterocycles. The molecule has 30 heavy (non-hydrogen) atoms. The molecule has 0 amide bonds. The predicted molar refractivity (Wildman–Crippen MR) is 118 cm³/mol. The molecule has 0 spiro atoms. The first-order valence-corrected chi connectivity index (χ1v) is 11.8. The second-order valence-corrected chi connectivity index (χ2v) is 10.8. The average molecular weight is 407 g/mol. The van der Waals surface area contributed by atoms with E-state index in [0.29, 0.717) is 30.0 Å². The Balaban J connectivity index is 1.48. The van der Waals surface area contributed by atoms with Crippen LogP contribution in [0.15, 0.2) is 29.8 Å². The lowest BCUT2D eigenvalue weighted by Crippen LogP contribution is -2.56. The van der Waals surface area contributed by atoms with Crippen molar-refractivity contribution in [2.75, 3.05) is 7.11 Å². The molecule has 1 aromatic carbocycles. The molecular weight excluding hydrogens is 372 g/mol. The molecule has 5 rings (SSSR count). The van der Waals surface area contributed by atoms with Gasteiger partial charge in [-0.25, -0.2) is 0 Å². The van der Waals surface area contributed by atoms with Gasteiger partial charge in [-0.3, -0.25) is 9.59 Å².